The summed E-state index contributed by atoms with van der Waals surface area (Å²) in [5.41, 5.74) is -1.76. The standard InChI is InChI=1S/C12H20N2O4S/c1-11(2,3)9(16)13-6-8(15)14-12(10(17)18)4-5-19-7-12/h4-7H2,1-3H3,(H,13,16)(H,14,15)(H,17,18). The van der Waals surface area contributed by atoms with Gasteiger partial charge in [-0.1, -0.05) is 20.8 Å². The van der Waals surface area contributed by atoms with E-state index in [1.807, 2.05) is 0 Å². The third-order valence-corrected chi connectivity index (χ3v) is 4.09. The van der Waals surface area contributed by atoms with Crippen LogP contribution in [-0.4, -0.2) is 46.5 Å². The molecule has 0 saturated carbocycles. The highest BCUT2D eigenvalue weighted by Crippen LogP contribution is 2.28. The number of carboxylic acid groups (broad SMARTS) is 1. The third-order valence-electron chi connectivity index (χ3n) is 2.90. The van der Waals surface area contributed by atoms with Gasteiger partial charge in [0, 0.05) is 11.2 Å². The van der Waals surface area contributed by atoms with Crippen LogP contribution in [0.2, 0.25) is 0 Å². The second kappa shape index (κ2) is 5.81. The quantitative estimate of drug-likeness (QED) is 0.688. The summed E-state index contributed by atoms with van der Waals surface area (Å²) in [5, 5.41) is 14.2. The van der Waals surface area contributed by atoms with Crippen LogP contribution in [0.1, 0.15) is 27.2 Å². The van der Waals surface area contributed by atoms with Crippen LogP contribution in [0.3, 0.4) is 0 Å². The molecule has 108 valence electrons. The molecule has 0 aromatic carbocycles. The summed E-state index contributed by atoms with van der Waals surface area (Å²) in [4.78, 5) is 34.6. The van der Waals surface area contributed by atoms with E-state index < -0.39 is 22.8 Å². The van der Waals surface area contributed by atoms with Crippen LogP contribution in [0.5, 0.6) is 0 Å². The van der Waals surface area contributed by atoms with Crippen LogP contribution in [-0.2, 0) is 14.4 Å². The number of aliphatic carboxylic acids is 1. The maximum absolute atomic E-state index is 11.7. The van der Waals surface area contributed by atoms with E-state index in [-0.39, 0.29) is 12.5 Å². The van der Waals surface area contributed by atoms with Crippen molar-refractivity contribution in [1.29, 1.82) is 0 Å². The van der Waals surface area contributed by atoms with Crippen molar-refractivity contribution in [2.45, 2.75) is 32.7 Å². The summed E-state index contributed by atoms with van der Waals surface area (Å²) in [6.45, 7) is 5.03. The summed E-state index contributed by atoms with van der Waals surface area (Å²) in [7, 11) is 0. The molecule has 0 spiro atoms. The maximum Gasteiger partial charge on any atom is 0.330 e. The van der Waals surface area contributed by atoms with E-state index in [2.05, 4.69) is 10.6 Å². The van der Waals surface area contributed by atoms with Gasteiger partial charge >= 0.3 is 5.97 Å². The van der Waals surface area contributed by atoms with Gasteiger partial charge in [0.15, 0.2) is 0 Å². The Morgan fingerprint density at radius 1 is 1.32 bits per heavy atom. The zero-order valence-electron chi connectivity index (χ0n) is 11.4. The van der Waals surface area contributed by atoms with E-state index in [4.69, 9.17) is 0 Å². The molecule has 0 aliphatic carbocycles. The minimum Gasteiger partial charge on any atom is -0.479 e. The average molecular weight is 288 g/mol. The topological polar surface area (TPSA) is 95.5 Å². The average Bonchev–Trinajstić information content (AvgIpc) is 2.74. The van der Waals surface area contributed by atoms with Crippen molar-refractivity contribution in [3.05, 3.63) is 0 Å². The van der Waals surface area contributed by atoms with Gasteiger partial charge in [-0.15, -0.1) is 0 Å². The highest BCUT2D eigenvalue weighted by molar-refractivity contribution is 7.99. The van der Waals surface area contributed by atoms with E-state index in [1.165, 1.54) is 11.8 Å². The second-order valence-corrected chi connectivity index (χ2v) is 6.78. The van der Waals surface area contributed by atoms with Crippen molar-refractivity contribution >= 4 is 29.5 Å². The summed E-state index contributed by atoms with van der Waals surface area (Å²) in [5.74, 6) is -0.661. The van der Waals surface area contributed by atoms with E-state index in [1.54, 1.807) is 20.8 Å². The van der Waals surface area contributed by atoms with Crippen LogP contribution in [0.25, 0.3) is 0 Å². The number of amides is 2. The first-order chi connectivity index (χ1) is 8.67. The Hall–Kier alpha value is -1.24. The minimum atomic E-state index is -1.19. The molecule has 0 radical (unpaired) electrons. The van der Waals surface area contributed by atoms with Crippen LogP contribution in [0, 0.1) is 5.41 Å². The third kappa shape index (κ3) is 4.12. The first-order valence-electron chi connectivity index (χ1n) is 6.08. The number of carboxylic acids is 1. The Morgan fingerprint density at radius 2 is 1.95 bits per heavy atom. The van der Waals surface area contributed by atoms with Gasteiger partial charge in [0.2, 0.25) is 11.8 Å². The molecule has 6 nitrogen and oxygen atoms in total. The Labute approximate surface area is 116 Å². The van der Waals surface area contributed by atoms with E-state index in [9.17, 15) is 19.5 Å². The van der Waals surface area contributed by atoms with Crippen molar-refractivity contribution in [3.63, 3.8) is 0 Å². The molecule has 1 rings (SSSR count). The van der Waals surface area contributed by atoms with Gasteiger partial charge in [-0.2, -0.15) is 11.8 Å². The molecular weight excluding hydrogens is 268 g/mol. The minimum absolute atomic E-state index is 0.199. The fourth-order valence-electron chi connectivity index (χ4n) is 1.62. The zero-order chi connectivity index (χ0) is 14.7. The van der Waals surface area contributed by atoms with E-state index >= 15 is 0 Å². The highest BCUT2D eigenvalue weighted by Gasteiger charge is 2.43. The molecule has 1 saturated heterocycles. The number of rotatable bonds is 4. The number of nitrogens with one attached hydrogen (secondary N) is 2. The van der Waals surface area contributed by atoms with Crippen LogP contribution in [0.15, 0.2) is 0 Å². The molecule has 0 aromatic heterocycles. The fourth-order valence-corrected chi connectivity index (χ4v) is 2.95. The Kier molecular flexibility index (Phi) is 4.84. The van der Waals surface area contributed by atoms with Gasteiger partial charge in [0.1, 0.15) is 5.54 Å². The molecule has 1 aliphatic heterocycles. The number of carbonyl (C=O) groups excluding carboxylic acids is 2. The number of hydrogen-bond acceptors (Lipinski definition) is 4. The lowest BCUT2D eigenvalue weighted by atomic mass is 9.96. The van der Waals surface area contributed by atoms with Gasteiger partial charge in [-0.25, -0.2) is 4.79 Å². The SMILES string of the molecule is CC(C)(C)C(=O)NCC(=O)NC1(C(=O)O)CCSC1. The van der Waals surface area contributed by atoms with Gasteiger partial charge in [0.25, 0.3) is 0 Å². The first-order valence-corrected chi connectivity index (χ1v) is 7.23. The van der Waals surface area contributed by atoms with Crippen molar-refractivity contribution in [2.24, 2.45) is 5.41 Å². The molecule has 1 unspecified atom stereocenters. The number of hydrogen-bond donors (Lipinski definition) is 3. The molecule has 19 heavy (non-hydrogen) atoms. The Balaban J connectivity index is 2.51. The first kappa shape index (κ1) is 15.8. The Bertz CT molecular complexity index is 384. The van der Waals surface area contributed by atoms with E-state index in [0.29, 0.717) is 17.9 Å². The normalized spacial score (nSPS) is 22.9. The van der Waals surface area contributed by atoms with Gasteiger partial charge in [0.05, 0.1) is 6.54 Å². The molecule has 7 heteroatoms. The summed E-state index contributed by atoms with van der Waals surface area (Å²) < 4.78 is 0. The van der Waals surface area contributed by atoms with Crippen molar-refractivity contribution in [2.75, 3.05) is 18.1 Å². The fraction of sp³-hybridized carbons (Fsp3) is 0.750. The second-order valence-electron chi connectivity index (χ2n) is 5.67. The monoisotopic (exact) mass is 288 g/mol. The molecule has 3 N–H and O–H groups in total. The van der Waals surface area contributed by atoms with Gasteiger partial charge in [-0.05, 0) is 12.2 Å². The van der Waals surface area contributed by atoms with Crippen molar-refractivity contribution < 1.29 is 19.5 Å². The van der Waals surface area contributed by atoms with Crippen molar-refractivity contribution in [1.82, 2.24) is 10.6 Å². The summed E-state index contributed by atoms with van der Waals surface area (Å²) >= 11 is 1.50. The molecular formula is C12H20N2O4S. The maximum atomic E-state index is 11.7. The van der Waals surface area contributed by atoms with Crippen LogP contribution < -0.4 is 10.6 Å². The number of thioether (sulfide) groups is 1. The molecule has 1 heterocycles. The summed E-state index contributed by atoms with van der Waals surface area (Å²) in [6.07, 6.45) is 0.409. The lowest BCUT2D eigenvalue weighted by molar-refractivity contribution is -0.146. The van der Waals surface area contributed by atoms with Gasteiger partial charge < -0.3 is 15.7 Å². The van der Waals surface area contributed by atoms with Crippen molar-refractivity contribution in [3.8, 4) is 0 Å². The zero-order valence-corrected chi connectivity index (χ0v) is 12.2. The van der Waals surface area contributed by atoms with E-state index in [0.717, 1.165) is 0 Å². The molecule has 0 bridgehead atoms. The highest BCUT2D eigenvalue weighted by atomic mass is 32.2. The van der Waals surface area contributed by atoms with Crippen LogP contribution in [0.4, 0.5) is 0 Å². The Morgan fingerprint density at radius 3 is 2.37 bits per heavy atom. The molecule has 1 atom stereocenters. The predicted octanol–water partition coefficient (Wildman–Crippen LogP) is 0.225. The lowest BCUT2D eigenvalue weighted by Gasteiger charge is -2.25. The molecule has 1 fully saturated rings. The lowest BCUT2D eigenvalue weighted by Crippen LogP contribution is -2.57. The molecule has 2 amide bonds. The molecule has 0 aromatic rings. The molecule has 1 aliphatic rings. The van der Waals surface area contributed by atoms with Crippen LogP contribution >= 0.6 is 11.8 Å². The number of carbonyl (C=O) groups is 3. The summed E-state index contributed by atoms with van der Waals surface area (Å²) in [6, 6.07) is 0. The largest absolute Gasteiger partial charge is 0.479 e. The smallest absolute Gasteiger partial charge is 0.330 e. The predicted molar refractivity (Wildman–Crippen MR) is 72.9 cm³/mol. The van der Waals surface area contributed by atoms with Gasteiger partial charge in [-0.3, -0.25) is 9.59 Å².